The largest absolute Gasteiger partial charge is 0.489 e. The minimum absolute atomic E-state index is 0.0815. The van der Waals surface area contributed by atoms with Gasteiger partial charge in [0.15, 0.2) is 0 Å². The van der Waals surface area contributed by atoms with Crippen LogP contribution in [-0.2, 0) is 6.61 Å². The van der Waals surface area contributed by atoms with Crippen LogP contribution in [0.25, 0.3) is 0 Å². The van der Waals surface area contributed by atoms with Crippen molar-refractivity contribution in [2.24, 2.45) is 0 Å². The van der Waals surface area contributed by atoms with E-state index in [1.807, 2.05) is 30.3 Å². The monoisotopic (exact) mass is 339 g/mol. The van der Waals surface area contributed by atoms with Crippen LogP contribution < -0.4 is 10.1 Å². The Morgan fingerprint density at radius 3 is 2.48 bits per heavy atom. The molecule has 0 atom stereocenters. The van der Waals surface area contributed by atoms with Gasteiger partial charge in [-0.25, -0.2) is 8.78 Å². The van der Waals surface area contributed by atoms with Gasteiger partial charge in [-0.1, -0.05) is 36.4 Å². The van der Waals surface area contributed by atoms with E-state index >= 15 is 0 Å². The molecule has 0 saturated carbocycles. The van der Waals surface area contributed by atoms with Crippen LogP contribution in [0.4, 0.5) is 14.5 Å². The molecular weight excluding hydrogens is 324 g/mol. The molecule has 0 saturated heterocycles. The first-order chi connectivity index (χ1) is 12.1. The predicted octanol–water partition coefficient (Wildman–Crippen LogP) is 4.80. The highest BCUT2D eigenvalue weighted by Crippen LogP contribution is 2.19. The lowest BCUT2D eigenvalue weighted by atomic mass is 10.2. The van der Waals surface area contributed by atoms with E-state index < -0.39 is 17.5 Å². The summed E-state index contributed by atoms with van der Waals surface area (Å²) in [6, 6.07) is 19.2. The van der Waals surface area contributed by atoms with Crippen molar-refractivity contribution in [3.63, 3.8) is 0 Å². The summed E-state index contributed by atoms with van der Waals surface area (Å²) < 4.78 is 32.2. The van der Waals surface area contributed by atoms with Crippen LogP contribution in [0, 0.1) is 11.6 Å². The van der Waals surface area contributed by atoms with Crippen LogP contribution in [0.1, 0.15) is 15.9 Å². The molecule has 5 heteroatoms. The van der Waals surface area contributed by atoms with E-state index in [2.05, 4.69) is 5.32 Å². The maximum atomic E-state index is 13.6. The number of carbonyl (C=O) groups excluding carboxylic acids is 1. The molecule has 126 valence electrons. The van der Waals surface area contributed by atoms with Gasteiger partial charge in [0.2, 0.25) is 0 Å². The fourth-order valence-corrected chi connectivity index (χ4v) is 2.25. The highest BCUT2D eigenvalue weighted by molar-refractivity contribution is 6.04. The second-order valence-electron chi connectivity index (χ2n) is 5.38. The standard InChI is InChI=1S/C20H15F2NO2/c21-16-9-10-19(18(22)12-16)23-20(24)15-7-4-8-17(11-15)25-13-14-5-2-1-3-6-14/h1-12H,13H2,(H,23,24). The van der Waals surface area contributed by atoms with E-state index in [1.54, 1.807) is 24.3 Å². The fourth-order valence-electron chi connectivity index (χ4n) is 2.25. The number of carbonyl (C=O) groups is 1. The Morgan fingerprint density at radius 2 is 1.72 bits per heavy atom. The molecule has 3 aromatic rings. The number of hydrogen-bond donors (Lipinski definition) is 1. The molecule has 0 fully saturated rings. The van der Waals surface area contributed by atoms with Gasteiger partial charge in [-0.2, -0.15) is 0 Å². The van der Waals surface area contributed by atoms with Crippen LogP contribution in [0.5, 0.6) is 5.75 Å². The number of rotatable bonds is 5. The van der Waals surface area contributed by atoms with Crippen molar-refractivity contribution < 1.29 is 18.3 Å². The third-order valence-corrected chi connectivity index (χ3v) is 3.52. The molecule has 0 spiro atoms. The molecule has 3 rings (SSSR count). The summed E-state index contributed by atoms with van der Waals surface area (Å²) >= 11 is 0. The smallest absolute Gasteiger partial charge is 0.255 e. The normalized spacial score (nSPS) is 10.3. The lowest BCUT2D eigenvalue weighted by Crippen LogP contribution is -2.13. The molecule has 1 amide bonds. The summed E-state index contributed by atoms with van der Waals surface area (Å²) in [4.78, 5) is 12.3. The molecular formula is C20H15F2NO2. The summed E-state index contributed by atoms with van der Waals surface area (Å²) in [6.07, 6.45) is 0. The SMILES string of the molecule is O=C(Nc1ccc(F)cc1F)c1cccc(OCc2ccccc2)c1. The van der Waals surface area contributed by atoms with Crippen molar-refractivity contribution in [3.05, 3.63) is 95.6 Å². The molecule has 0 unspecified atom stereocenters. The molecule has 3 aromatic carbocycles. The van der Waals surface area contributed by atoms with E-state index in [-0.39, 0.29) is 5.69 Å². The molecule has 25 heavy (non-hydrogen) atoms. The zero-order valence-electron chi connectivity index (χ0n) is 13.2. The van der Waals surface area contributed by atoms with Gasteiger partial charge in [0.25, 0.3) is 5.91 Å². The third kappa shape index (κ3) is 4.41. The summed E-state index contributed by atoms with van der Waals surface area (Å²) in [5.41, 5.74) is 1.24. The second-order valence-corrected chi connectivity index (χ2v) is 5.38. The summed E-state index contributed by atoms with van der Waals surface area (Å²) in [5.74, 6) is -1.51. The van der Waals surface area contributed by atoms with E-state index in [9.17, 15) is 13.6 Å². The van der Waals surface area contributed by atoms with Gasteiger partial charge < -0.3 is 10.1 Å². The predicted molar refractivity (Wildman–Crippen MR) is 91.5 cm³/mol. The molecule has 0 aliphatic heterocycles. The van der Waals surface area contributed by atoms with Crippen LogP contribution in [0.15, 0.2) is 72.8 Å². The summed E-state index contributed by atoms with van der Waals surface area (Å²) in [7, 11) is 0. The second kappa shape index (κ2) is 7.57. The number of halogens is 2. The highest BCUT2D eigenvalue weighted by atomic mass is 19.1. The maximum Gasteiger partial charge on any atom is 0.255 e. The zero-order valence-corrected chi connectivity index (χ0v) is 13.2. The quantitative estimate of drug-likeness (QED) is 0.725. The molecule has 0 radical (unpaired) electrons. The van der Waals surface area contributed by atoms with Crippen LogP contribution in [0.3, 0.4) is 0 Å². The van der Waals surface area contributed by atoms with Gasteiger partial charge in [-0.15, -0.1) is 0 Å². The minimum Gasteiger partial charge on any atom is -0.489 e. The van der Waals surface area contributed by atoms with Gasteiger partial charge >= 0.3 is 0 Å². The molecule has 0 aromatic heterocycles. The summed E-state index contributed by atoms with van der Waals surface area (Å²) in [5, 5.41) is 2.42. The number of amides is 1. The number of ether oxygens (including phenoxy) is 1. The van der Waals surface area contributed by atoms with Crippen LogP contribution in [0.2, 0.25) is 0 Å². The average Bonchev–Trinajstić information content (AvgIpc) is 2.63. The summed E-state index contributed by atoms with van der Waals surface area (Å²) in [6.45, 7) is 0.374. The first-order valence-electron chi connectivity index (χ1n) is 7.65. The van der Waals surface area contributed by atoms with E-state index in [0.29, 0.717) is 17.9 Å². The molecule has 3 nitrogen and oxygen atoms in total. The molecule has 0 aliphatic rings. The molecule has 1 N–H and O–H groups in total. The number of benzene rings is 3. The van der Waals surface area contributed by atoms with Gasteiger partial charge in [-0.05, 0) is 35.9 Å². The van der Waals surface area contributed by atoms with Crippen molar-refractivity contribution in [2.45, 2.75) is 6.61 Å². The highest BCUT2D eigenvalue weighted by Gasteiger charge is 2.11. The average molecular weight is 339 g/mol. The molecule has 0 heterocycles. The zero-order chi connectivity index (χ0) is 17.6. The number of hydrogen-bond acceptors (Lipinski definition) is 2. The van der Waals surface area contributed by atoms with Crippen molar-refractivity contribution in [1.29, 1.82) is 0 Å². The maximum absolute atomic E-state index is 13.6. The van der Waals surface area contributed by atoms with Gasteiger partial charge in [0, 0.05) is 11.6 Å². The molecule has 0 bridgehead atoms. The van der Waals surface area contributed by atoms with E-state index in [1.165, 1.54) is 6.07 Å². The van der Waals surface area contributed by atoms with Crippen LogP contribution >= 0.6 is 0 Å². The lowest BCUT2D eigenvalue weighted by molar-refractivity contribution is 0.102. The Balaban J connectivity index is 1.69. The van der Waals surface area contributed by atoms with Crippen LogP contribution in [-0.4, -0.2) is 5.91 Å². The van der Waals surface area contributed by atoms with Gasteiger partial charge in [0.1, 0.15) is 24.0 Å². The first kappa shape index (κ1) is 16.6. The molecule has 0 aliphatic carbocycles. The van der Waals surface area contributed by atoms with Gasteiger partial charge in [-0.3, -0.25) is 4.79 Å². The van der Waals surface area contributed by atoms with Crippen molar-refractivity contribution >= 4 is 11.6 Å². The topological polar surface area (TPSA) is 38.3 Å². The minimum atomic E-state index is -0.829. The Labute approximate surface area is 143 Å². The van der Waals surface area contributed by atoms with E-state index in [4.69, 9.17) is 4.74 Å². The number of anilines is 1. The lowest BCUT2D eigenvalue weighted by Gasteiger charge is -2.09. The number of nitrogens with one attached hydrogen (secondary N) is 1. The third-order valence-electron chi connectivity index (χ3n) is 3.52. The Morgan fingerprint density at radius 1 is 0.920 bits per heavy atom. The first-order valence-corrected chi connectivity index (χ1v) is 7.65. The Hall–Kier alpha value is -3.21. The van der Waals surface area contributed by atoms with Crippen molar-refractivity contribution in [2.75, 3.05) is 5.32 Å². The van der Waals surface area contributed by atoms with E-state index in [0.717, 1.165) is 17.7 Å². The van der Waals surface area contributed by atoms with Crippen molar-refractivity contribution in [3.8, 4) is 5.75 Å². The fraction of sp³-hybridized carbons (Fsp3) is 0.0500. The van der Waals surface area contributed by atoms with Crippen molar-refractivity contribution in [1.82, 2.24) is 0 Å². The Bertz CT molecular complexity index is 882. The van der Waals surface area contributed by atoms with Gasteiger partial charge in [0.05, 0.1) is 5.69 Å². The Kier molecular flexibility index (Phi) is 5.04.